The van der Waals surface area contributed by atoms with E-state index in [-0.39, 0.29) is 0 Å². The van der Waals surface area contributed by atoms with Crippen LogP contribution in [-0.2, 0) is 0 Å². The Balaban J connectivity index is 2.30. The van der Waals surface area contributed by atoms with Gasteiger partial charge in [0.25, 0.3) is 0 Å². The van der Waals surface area contributed by atoms with E-state index in [1.54, 1.807) is 5.98 Å². The summed E-state index contributed by atoms with van der Waals surface area (Å²) in [6, 6.07) is 0. The van der Waals surface area contributed by atoms with Crippen molar-refractivity contribution in [1.29, 1.82) is 0 Å². The molecule has 0 saturated carbocycles. The largest absolute Gasteiger partial charge is 0.228 e. The standard InChI is InChI=1S/C2H3BI/c1-2-3-4/h2H,1H2. The first-order chi connectivity index (χ1) is 1.91. The number of halogens is 1. The minimum Gasteiger partial charge on any atom is -0.152 e. The molecule has 0 rings (SSSR count). The van der Waals surface area contributed by atoms with E-state index in [4.69, 9.17) is 0 Å². The molecule has 0 aliphatic rings. The van der Waals surface area contributed by atoms with Crippen LogP contribution in [0.3, 0.4) is 0 Å². The molecule has 0 spiro atoms. The van der Waals surface area contributed by atoms with Gasteiger partial charge in [0.15, 0.2) is 0 Å². The zero-order chi connectivity index (χ0) is 3.41. The van der Waals surface area contributed by atoms with Crippen LogP contribution >= 0.6 is 22.4 Å². The molecule has 21 valence electrons. The summed E-state index contributed by atoms with van der Waals surface area (Å²) in [7, 11) is 0. The van der Waals surface area contributed by atoms with Gasteiger partial charge in [0.1, 0.15) is 0 Å². The third-order valence-electron chi connectivity index (χ3n) is 0.0891. The summed E-state index contributed by atoms with van der Waals surface area (Å²) in [5, 5.41) is 1.86. The summed E-state index contributed by atoms with van der Waals surface area (Å²) < 4.78 is 0. The monoisotopic (exact) mass is 165 g/mol. The first kappa shape index (κ1) is 4.53. The van der Waals surface area contributed by atoms with Gasteiger partial charge in [-0.3, -0.25) is 0 Å². The third-order valence-corrected chi connectivity index (χ3v) is 0.598. The van der Waals surface area contributed by atoms with Gasteiger partial charge in [-0.25, -0.2) is 0 Å². The molecule has 0 fully saturated rings. The fourth-order valence-electron chi connectivity index (χ4n) is 0. The second-order valence-corrected chi connectivity index (χ2v) is 1.08. The van der Waals surface area contributed by atoms with Crippen LogP contribution in [0.4, 0.5) is 0 Å². The Morgan fingerprint density at radius 1 is 2.00 bits per heavy atom. The topological polar surface area (TPSA) is 0 Å². The summed E-state index contributed by atoms with van der Waals surface area (Å²) >= 11 is 2.11. The molecule has 0 saturated heterocycles. The molecule has 0 aliphatic carbocycles. The second-order valence-electron chi connectivity index (χ2n) is 0.362. The van der Waals surface area contributed by atoms with Gasteiger partial charge >= 0.3 is 0 Å². The third kappa shape index (κ3) is 2.53. The molecule has 0 nitrogen and oxygen atoms in total. The minimum absolute atomic E-state index is 1.74. The molecule has 0 aromatic rings. The Morgan fingerprint density at radius 3 is 2.25 bits per heavy atom. The predicted molar refractivity (Wildman–Crippen MR) is 30.0 cm³/mol. The number of hydrogen-bond acceptors (Lipinski definition) is 0. The van der Waals surface area contributed by atoms with E-state index in [0.29, 0.717) is 0 Å². The lowest BCUT2D eigenvalue weighted by Gasteiger charge is -1.50. The lowest BCUT2D eigenvalue weighted by Crippen LogP contribution is -1.52. The fourth-order valence-corrected chi connectivity index (χ4v) is 0. The first-order valence-corrected chi connectivity index (χ1v) is 2.21. The van der Waals surface area contributed by atoms with E-state index in [1.807, 2.05) is 5.14 Å². The molecule has 4 heavy (non-hydrogen) atoms. The summed E-state index contributed by atoms with van der Waals surface area (Å²) in [5.74, 6) is 1.74. The quantitative estimate of drug-likeness (QED) is 0.404. The predicted octanol–water partition coefficient (Wildman–Crippen LogP) is 1.18. The minimum atomic E-state index is 1.74. The maximum atomic E-state index is 3.42. The average Bonchev–Trinajstić information content (AvgIpc) is 1.37. The van der Waals surface area contributed by atoms with Crippen molar-refractivity contribution in [2.24, 2.45) is 0 Å². The van der Waals surface area contributed by atoms with E-state index < -0.39 is 0 Å². The lowest BCUT2D eigenvalue weighted by molar-refractivity contribution is 2.62. The van der Waals surface area contributed by atoms with Gasteiger partial charge in [-0.2, -0.15) is 22.4 Å². The molecule has 0 aliphatic heterocycles. The summed E-state index contributed by atoms with van der Waals surface area (Å²) in [6.07, 6.45) is 0. The highest BCUT2D eigenvalue weighted by atomic mass is 127. The first-order valence-electron chi connectivity index (χ1n) is 0.960. The molecule has 0 aromatic heterocycles. The Hall–Kier alpha value is 0.535. The van der Waals surface area contributed by atoms with Crippen molar-refractivity contribution >= 4 is 27.5 Å². The van der Waals surface area contributed by atoms with Crippen LogP contribution in [0, 0.1) is 0 Å². The van der Waals surface area contributed by atoms with Gasteiger partial charge < -0.3 is 0 Å². The number of rotatable bonds is 1. The Labute approximate surface area is 40.4 Å². The molecule has 2 heteroatoms. The van der Waals surface area contributed by atoms with Gasteiger partial charge in [0.05, 0.1) is 0 Å². The normalized spacial score (nSPS) is 5.25. The zero-order valence-corrected chi connectivity index (χ0v) is 4.40. The highest BCUT2D eigenvalue weighted by Gasteiger charge is 1.55. The van der Waals surface area contributed by atoms with E-state index >= 15 is 0 Å². The van der Waals surface area contributed by atoms with Crippen LogP contribution in [0.2, 0.25) is 0 Å². The average molecular weight is 165 g/mol. The van der Waals surface area contributed by atoms with E-state index in [2.05, 4.69) is 29.0 Å². The Kier molecular flexibility index (Phi) is 4.01. The van der Waals surface area contributed by atoms with Crippen molar-refractivity contribution in [1.82, 2.24) is 0 Å². The fraction of sp³-hybridized carbons (Fsp3) is 0. The van der Waals surface area contributed by atoms with Gasteiger partial charge in [0, 0.05) is 0 Å². The van der Waals surface area contributed by atoms with Crippen molar-refractivity contribution in [3.63, 3.8) is 0 Å². The van der Waals surface area contributed by atoms with Crippen LogP contribution in [0.5, 0.6) is 0 Å². The van der Waals surface area contributed by atoms with Crippen molar-refractivity contribution in [3.05, 3.63) is 12.6 Å². The SMILES string of the molecule is C=C[B]I. The maximum Gasteiger partial charge on any atom is 0.228 e. The highest BCUT2D eigenvalue weighted by molar-refractivity contribution is 14.1. The molecule has 0 unspecified atom stereocenters. The van der Waals surface area contributed by atoms with E-state index in [9.17, 15) is 0 Å². The lowest BCUT2D eigenvalue weighted by atomic mass is 10.2. The van der Waals surface area contributed by atoms with Gasteiger partial charge in [0.2, 0.25) is 5.14 Å². The molecule has 0 amide bonds. The van der Waals surface area contributed by atoms with E-state index in [0.717, 1.165) is 0 Å². The zero-order valence-electron chi connectivity index (χ0n) is 2.24. The summed E-state index contributed by atoms with van der Waals surface area (Å²) in [6.45, 7) is 3.42. The Bertz CT molecular complexity index is 20.0. The van der Waals surface area contributed by atoms with Crippen LogP contribution in [0.1, 0.15) is 0 Å². The van der Waals surface area contributed by atoms with Gasteiger partial charge in [-0.05, 0) is 0 Å². The molecular weight excluding hydrogens is 162 g/mol. The molecular formula is C2H3BI. The number of hydrogen-bond donors (Lipinski definition) is 0. The van der Waals surface area contributed by atoms with Crippen molar-refractivity contribution in [3.8, 4) is 0 Å². The summed E-state index contributed by atoms with van der Waals surface area (Å²) in [4.78, 5) is 0. The van der Waals surface area contributed by atoms with Crippen LogP contribution in [-0.4, -0.2) is 5.14 Å². The Morgan fingerprint density at radius 2 is 2.25 bits per heavy atom. The van der Waals surface area contributed by atoms with Crippen molar-refractivity contribution in [2.75, 3.05) is 0 Å². The molecule has 0 atom stereocenters. The van der Waals surface area contributed by atoms with E-state index in [1.165, 1.54) is 0 Å². The highest BCUT2D eigenvalue weighted by Crippen LogP contribution is 1.69. The second kappa shape index (κ2) is 3.53. The van der Waals surface area contributed by atoms with Crippen LogP contribution in [0.25, 0.3) is 0 Å². The van der Waals surface area contributed by atoms with Gasteiger partial charge in [-0.1, -0.05) is 0 Å². The molecule has 1 radical (unpaired) electrons. The smallest absolute Gasteiger partial charge is 0.152 e. The molecule has 0 bridgehead atoms. The van der Waals surface area contributed by atoms with Crippen LogP contribution in [0.15, 0.2) is 12.6 Å². The molecule has 0 aromatic carbocycles. The maximum absolute atomic E-state index is 3.42. The van der Waals surface area contributed by atoms with Crippen molar-refractivity contribution in [2.45, 2.75) is 0 Å². The molecule has 0 N–H and O–H groups in total. The van der Waals surface area contributed by atoms with Crippen molar-refractivity contribution < 1.29 is 0 Å². The summed E-state index contributed by atoms with van der Waals surface area (Å²) in [5.41, 5.74) is 0. The van der Waals surface area contributed by atoms with Gasteiger partial charge in [-0.15, -0.1) is 12.6 Å². The van der Waals surface area contributed by atoms with Crippen LogP contribution < -0.4 is 0 Å². The molecule has 0 heterocycles.